The highest BCUT2D eigenvalue weighted by atomic mass is 16.5. The Labute approximate surface area is 113 Å². The fraction of sp³-hybridized carbons (Fsp3) is 0.143. The van der Waals surface area contributed by atoms with Gasteiger partial charge in [0.15, 0.2) is 0 Å². The second-order valence-electron chi connectivity index (χ2n) is 4.32. The van der Waals surface area contributed by atoms with E-state index in [2.05, 4.69) is 0 Å². The molecule has 0 radical (unpaired) electrons. The molecule has 0 saturated heterocycles. The Morgan fingerprint density at radius 3 is 2.85 bits per heavy atom. The highest BCUT2D eigenvalue weighted by Crippen LogP contribution is 2.39. The number of ether oxygens (including phenoxy) is 2. The first-order chi connectivity index (χ1) is 9.60. The van der Waals surface area contributed by atoms with E-state index in [4.69, 9.17) is 19.6 Å². The molecule has 1 aromatic heterocycles. The first-order valence-corrected chi connectivity index (χ1v) is 5.88. The van der Waals surface area contributed by atoms with E-state index in [0.717, 1.165) is 0 Å². The van der Waals surface area contributed by atoms with Crippen LogP contribution in [0.3, 0.4) is 0 Å². The summed E-state index contributed by atoms with van der Waals surface area (Å²) in [5, 5.41) is 0. The number of primary amides is 1. The van der Waals surface area contributed by atoms with Crippen LogP contribution in [0.25, 0.3) is 11.3 Å². The van der Waals surface area contributed by atoms with Crippen LogP contribution in [0.4, 0.5) is 0 Å². The number of nitrogens with two attached hydrogens (primary N) is 1. The molecule has 1 aliphatic heterocycles. The average Bonchev–Trinajstić information content (AvgIpc) is 2.45. The zero-order valence-corrected chi connectivity index (χ0v) is 10.6. The molecule has 102 valence electrons. The molecule has 3 rings (SSSR count). The number of amides is 1. The van der Waals surface area contributed by atoms with Crippen LogP contribution in [0.1, 0.15) is 15.9 Å². The Morgan fingerprint density at radius 1 is 1.35 bits per heavy atom. The molecule has 2 aromatic rings. The zero-order chi connectivity index (χ0) is 14.3. The SMILES string of the molecule is COc1ccc2c(c1)-c1oc(=O)c(C(N)=O)cc1CO2. The van der Waals surface area contributed by atoms with Gasteiger partial charge in [-0.25, -0.2) is 4.79 Å². The van der Waals surface area contributed by atoms with Crippen molar-refractivity contribution in [2.24, 2.45) is 5.73 Å². The fourth-order valence-corrected chi connectivity index (χ4v) is 2.11. The monoisotopic (exact) mass is 273 g/mol. The van der Waals surface area contributed by atoms with E-state index < -0.39 is 11.5 Å². The molecule has 6 nitrogen and oxygen atoms in total. The van der Waals surface area contributed by atoms with Crippen LogP contribution in [-0.2, 0) is 6.61 Å². The van der Waals surface area contributed by atoms with E-state index >= 15 is 0 Å². The summed E-state index contributed by atoms with van der Waals surface area (Å²) < 4.78 is 15.9. The lowest BCUT2D eigenvalue weighted by atomic mass is 10.0. The summed E-state index contributed by atoms with van der Waals surface area (Å²) in [7, 11) is 1.54. The van der Waals surface area contributed by atoms with Crippen molar-refractivity contribution in [1.82, 2.24) is 0 Å². The summed E-state index contributed by atoms with van der Waals surface area (Å²) in [4.78, 5) is 22.9. The molecule has 0 aliphatic carbocycles. The number of carbonyl (C=O) groups excluding carboxylic acids is 1. The van der Waals surface area contributed by atoms with Gasteiger partial charge < -0.3 is 19.6 Å². The normalized spacial score (nSPS) is 12.1. The molecule has 2 N–H and O–H groups in total. The smallest absolute Gasteiger partial charge is 0.349 e. The number of fused-ring (bicyclic) bond motifs is 3. The Kier molecular flexibility index (Phi) is 2.71. The van der Waals surface area contributed by atoms with Crippen molar-refractivity contribution >= 4 is 5.91 Å². The van der Waals surface area contributed by atoms with Crippen LogP contribution >= 0.6 is 0 Å². The Hall–Kier alpha value is -2.76. The molecule has 2 heterocycles. The molecule has 0 atom stereocenters. The molecular formula is C14H11NO5. The summed E-state index contributed by atoms with van der Waals surface area (Å²) in [6.45, 7) is 0.207. The van der Waals surface area contributed by atoms with E-state index in [-0.39, 0.29) is 12.2 Å². The molecule has 20 heavy (non-hydrogen) atoms. The Bertz CT molecular complexity index is 763. The lowest BCUT2D eigenvalue weighted by molar-refractivity contribution is 0.0996. The van der Waals surface area contributed by atoms with Crippen LogP contribution < -0.4 is 20.8 Å². The van der Waals surface area contributed by atoms with E-state index in [1.54, 1.807) is 25.3 Å². The van der Waals surface area contributed by atoms with Crippen molar-refractivity contribution in [1.29, 1.82) is 0 Å². The van der Waals surface area contributed by atoms with Gasteiger partial charge in [-0.1, -0.05) is 0 Å². The first kappa shape index (κ1) is 12.3. The quantitative estimate of drug-likeness (QED) is 0.890. The van der Waals surface area contributed by atoms with Crippen molar-refractivity contribution < 1.29 is 18.7 Å². The highest BCUT2D eigenvalue weighted by Gasteiger charge is 2.23. The van der Waals surface area contributed by atoms with Crippen molar-refractivity contribution in [2.45, 2.75) is 6.61 Å². The topological polar surface area (TPSA) is 91.8 Å². The number of benzene rings is 1. The van der Waals surface area contributed by atoms with Crippen molar-refractivity contribution in [3.8, 4) is 22.8 Å². The van der Waals surface area contributed by atoms with Crippen LogP contribution in [0.5, 0.6) is 11.5 Å². The van der Waals surface area contributed by atoms with Gasteiger partial charge in [-0.2, -0.15) is 0 Å². The van der Waals surface area contributed by atoms with Crippen LogP contribution in [-0.4, -0.2) is 13.0 Å². The highest BCUT2D eigenvalue weighted by molar-refractivity contribution is 5.93. The summed E-state index contributed by atoms with van der Waals surface area (Å²) in [6.07, 6.45) is 0. The second-order valence-corrected chi connectivity index (χ2v) is 4.32. The Balaban J connectivity index is 2.24. The minimum absolute atomic E-state index is 0.182. The maximum Gasteiger partial charge on any atom is 0.349 e. The van der Waals surface area contributed by atoms with E-state index in [0.29, 0.717) is 28.4 Å². The van der Waals surface area contributed by atoms with Gasteiger partial charge in [0.05, 0.1) is 12.7 Å². The number of hydrogen-bond donors (Lipinski definition) is 1. The summed E-state index contributed by atoms with van der Waals surface area (Å²) in [5.74, 6) is 0.758. The number of carbonyl (C=O) groups is 1. The molecule has 0 unspecified atom stereocenters. The largest absolute Gasteiger partial charge is 0.497 e. The number of rotatable bonds is 2. The molecule has 0 saturated carbocycles. The predicted molar refractivity (Wildman–Crippen MR) is 69.8 cm³/mol. The van der Waals surface area contributed by atoms with Gasteiger partial charge in [0, 0.05) is 5.56 Å². The van der Waals surface area contributed by atoms with Gasteiger partial charge in [-0.05, 0) is 24.3 Å². The molecule has 0 bridgehead atoms. The Morgan fingerprint density at radius 2 is 2.15 bits per heavy atom. The molecule has 6 heteroatoms. The summed E-state index contributed by atoms with van der Waals surface area (Å²) in [5.41, 5.74) is 5.40. The lowest BCUT2D eigenvalue weighted by Crippen LogP contribution is -2.22. The molecule has 1 amide bonds. The van der Waals surface area contributed by atoms with Gasteiger partial charge in [-0.3, -0.25) is 4.79 Å². The number of hydrogen-bond acceptors (Lipinski definition) is 5. The summed E-state index contributed by atoms with van der Waals surface area (Å²) >= 11 is 0. The van der Waals surface area contributed by atoms with Crippen molar-refractivity contribution in [3.63, 3.8) is 0 Å². The fourth-order valence-electron chi connectivity index (χ4n) is 2.11. The zero-order valence-electron chi connectivity index (χ0n) is 10.6. The van der Waals surface area contributed by atoms with E-state index in [9.17, 15) is 9.59 Å². The first-order valence-electron chi connectivity index (χ1n) is 5.88. The van der Waals surface area contributed by atoms with Crippen LogP contribution in [0.15, 0.2) is 33.5 Å². The second kappa shape index (κ2) is 4.41. The van der Waals surface area contributed by atoms with Crippen LogP contribution in [0, 0.1) is 0 Å². The maximum absolute atomic E-state index is 11.8. The van der Waals surface area contributed by atoms with E-state index in [1.807, 2.05) is 0 Å². The van der Waals surface area contributed by atoms with Gasteiger partial charge in [0.2, 0.25) is 0 Å². The predicted octanol–water partition coefficient (Wildman–Crippen LogP) is 1.31. The molecule has 1 aliphatic rings. The molecular weight excluding hydrogens is 262 g/mol. The number of methoxy groups -OCH3 is 1. The minimum atomic E-state index is -0.821. The van der Waals surface area contributed by atoms with Crippen LogP contribution in [0.2, 0.25) is 0 Å². The molecule has 0 spiro atoms. The van der Waals surface area contributed by atoms with Crippen molar-refractivity contribution in [3.05, 3.63) is 45.8 Å². The minimum Gasteiger partial charge on any atom is -0.497 e. The van der Waals surface area contributed by atoms with Gasteiger partial charge in [0.1, 0.15) is 29.4 Å². The summed E-state index contributed by atoms with van der Waals surface area (Å²) in [6, 6.07) is 6.60. The maximum atomic E-state index is 11.8. The average molecular weight is 273 g/mol. The third-order valence-corrected chi connectivity index (χ3v) is 3.10. The van der Waals surface area contributed by atoms with Gasteiger partial charge in [0.25, 0.3) is 5.91 Å². The third-order valence-electron chi connectivity index (χ3n) is 3.10. The van der Waals surface area contributed by atoms with Gasteiger partial charge in [-0.15, -0.1) is 0 Å². The lowest BCUT2D eigenvalue weighted by Gasteiger charge is -2.19. The van der Waals surface area contributed by atoms with E-state index in [1.165, 1.54) is 6.07 Å². The molecule has 0 fully saturated rings. The third kappa shape index (κ3) is 1.82. The standard InChI is InChI=1S/C14H11NO5/c1-18-8-2-3-11-9(5-8)12-7(6-19-11)4-10(13(15)16)14(17)20-12/h2-5H,6H2,1H3,(H2,15,16). The van der Waals surface area contributed by atoms with Gasteiger partial charge >= 0.3 is 5.63 Å². The molecule has 1 aromatic carbocycles. The van der Waals surface area contributed by atoms with Crippen molar-refractivity contribution in [2.75, 3.05) is 7.11 Å².